The van der Waals surface area contributed by atoms with E-state index in [1.165, 1.54) is 10.6 Å². The van der Waals surface area contributed by atoms with Crippen molar-refractivity contribution < 1.29 is 17.9 Å². The minimum atomic E-state index is -3.30. The van der Waals surface area contributed by atoms with E-state index in [4.69, 9.17) is 4.74 Å². The number of fused-ring (bicyclic) bond motifs is 1. The molecule has 0 aromatic heterocycles. The molecule has 2 aromatic carbocycles. The van der Waals surface area contributed by atoms with Gasteiger partial charge in [0, 0.05) is 17.7 Å². The third kappa shape index (κ3) is 3.59. The summed E-state index contributed by atoms with van der Waals surface area (Å²) in [6.45, 7) is 0.421. The smallest absolute Gasteiger partial charge is 0.251 e. The molecule has 1 aliphatic carbocycles. The summed E-state index contributed by atoms with van der Waals surface area (Å²) in [6.07, 6.45) is 5.65. The number of nitrogens with one attached hydrogen (secondary N) is 1. The predicted molar refractivity (Wildman–Crippen MR) is 113 cm³/mol. The Balaban J connectivity index is 1.63. The Kier molecular flexibility index (Phi) is 5.02. The second kappa shape index (κ2) is 7.37. The van der Waals surface area contributed by atoms with E-state index < -0.39 is 15.6 Å². The first kappa shape index (κ1) is 19.8. The average molecular weight is 415 g/mol. The highest BCUT2D eigenvalue weighted by molar-refractivity contribution is 7.92. The number of rotatable bonds is 5. The Morgan fingerprint density at radius 1 is 1.14 bits per heavy atom. The van der Waals surface area contributed by atoms with E-state index in [0.717, 1.165) is 42.6 Å². The molecule has 2 aliphatic rings. The Morgan fingerprint density at radius 3 is 2.55 bits per heavy atom. The van der Waals surface area contributed by atoms with Gasteiger partial charge in [-0.25, -0.2) is 8.42 Å². The number of carbonyl (C=O) groups excluding carboxylic acids is 1. The summed E-state index contributed by atoms with van der Waals surface area (Å²) in [7, 11) is -1.65. The second-order valence-corrected chi connectivity index (χ2v) is 9.78. The summed E-state index contributed by atoms with van der Waals surface area (Å²) in [4.78, 5) is 13.2. The molecule has 6 nitrogen and oxygen atoms in total. The second-order valence-electron chi connectivity index (χ2n) is 7.87. The number of sulfonamides is 1. The molecule has 1 heterocycles. The first-order valence-electron chi connectivity index (χ1n) is 9.91. The van der Waals surface area contributed by atoms with Crippen molar-refractivity contribution in [2.45, 2.75) is 37.6 Å². The molecule has 1 amide bonds. The largest absolute Gasteiger partial charge is 0.496 e. The van der Waals surface area contributed by atoms with Gasteiger partial charge in [-0.15, -0.1) is 0 Å². The first-order chi connectivity index (χ1) is 13.8. The Morgan fingerprint density at radius 2 is 1.86 bits per heavy atom. The van der Waals surface area contributed by atoms with Crippen LogP contribution in [0.25, 0.3) is 0 Å². The van der Waals surface area contributed by atoms with Crippen LogP contribution < -0.4 is 14.4 Å². The fraction of sp³-hybridized carbons (Fsp3) is 0.409. The van der Waals surface area contributed by atoms with Crippen molar-refractivity contribution >= 4 is 21.6 Å². The molecular weight excluding hydrogens is 388 g/mol. The number of para-hydroxylation sites is 1. The van der Waals surface area contributed by atoms with Crippen LogP contribution in [0.5, 0.6) is 5.75 Å². The van der Waals surface area contributed by atoms with Crippen LogP contribution in [0.1, 0.15) is 47.2 Å². The molecule has 7 heteroatoms. The summed E-state index contributed by atoms with van der Waals surface area (Å²) < 4.78 is 30.8. The van der Waals surface area contributed by atoms with E-state index in [1.54, 1.807) is 19.2 Å². The van der Waals surface area contributed by atoms with Crippen molar-refractivity contribution in [3.05, 3.63) is 59.2 Å². The molecule has 29 heavy (non-hydrogen) atoms. The molecule has 1 aliphatic heterocycles. The van der Waals surface area contributed by atoms with E-state index >= 15 is 0 Å². The number of amides is 1. The molecule has 1 fully saturated rings. The summed E-state index contributed by atoms with van der Waals surface area (Å²) in [5, 5.41) is 3.28. The summed E-state index contributed by atoms with van der Waals surface area (Å²) in [5.74, 6) is 0.644. The molecule has 0 unspecified atom stereocenters. The molecule has 0 radical (unpaired) electrons. The third-order valence-corrected chi connectivity index (χ3v) is 7.21. The minimum Gasteiger partial charge on any atom is -0.496 e. The summed E-state index contributed by atoms with van der Waals surface area (Å²) in [6, 6.07) is 13.1. The number of nitrogens with zero attached hydrogens (tertiary/aromatic N) is 1. The van der Waals surface area contributed by atoms with Gasteiger partial charge in [0.05, 0.1) is 24.6 Å². The van der Waals surface area contributed by atoms with Crippen molar-refractivity contribution in [3.63, 3.8) is 0 Å². The normalized spacial score (nSPS) is 17.8. The maximum Gasteiger partial charge on any atom is 0.251 e. The third-order valence-electron chi connectivity index (χ3n) is 6.03. The maximum atomic E-state index is 13.2. The Labute approximate surface area is 171 Å². The van der Waals surface area contributed by atoms with Gasteiger partial charge >= 0.3 is 0 Å². The zero-order chi connectivity index (χ0) is 20.6. The molecule has 0 bridgehead atoms. The van der Waals surface area contributed by atoms with Gasteiger partial charge in [-0.1, -0.05) is 31.0 Å². The van der Waals surface area contributed by atoms with Crippen LogP contribution in [-0.4, -0.2) is 34.2 Å². The van der Waals surface area contributed by atoms with Crippen molar-refractivity contribution in [3.8, 4) is 5.75 Å². The Hall–Kier alpha value is -2.54. The molecule has 1 N–H and O–H groups in total. The lowest BCUT2D eigenvalue weighted by atomic mass is 9.87. The summed E-state index contributed by atoms with van der Waals surface area (Å²) >= 11 is 0. The van der Waals surface area contributed by atoms with Crippen molar-refractivity contribution in [2.24, 2.45) is 0 Å². The van der Waals surface area contributed by atoms with Gasteiger partial charge in [-0.05, 0) is 49.1 Å². The number of anilines is 1. The molecule has 154 valence electrons. The quantitative estimate of drug-likeness (QED) is 0.815. The number of hydrogen-bond donors (Lipinski definition) is 1. The van der Waals surface area contributed by atoms with Crippen molar-refractivity contribution in [2.75, 3.05) is 24.2 Å². The topological polar surface area (TPSA) is 75.7 Å². The van der Waals surface area contributed by atoms with Crippen LogP contribution in [0, 0.1) is 0 Å². The first-order valence-corrected chi connectivity index (χ1v) is 11.8. The molecule has 0 saturated heterocycles. The molecule has 0 spiro atoms. The van der Waals surface area contributed by atoms with Gasteiger partial charge in [-0.3, -0.25) is 9.10 Å². The Bertz CT molecular complexity index is 1040. The van der Waals surface area contributed by atoms with Gasteiger partial charge in [0.15, 0.2) is 0 Å². The van der Waals surface area contributed by atoms with Gasteiger partial charge in [-0.2, -0.15) is 0 Å². The lowest BCUT2D eigenvalue weighted by molar-refractivity contribution is 0.0897. The van der Waals surface area contributed by atoms with Crippen LogP contribution in [-0.2, 0) is 22.0 Å². The highest BCUT2D eigenvalue weighted by Crippen LogP contribution is 2.43. The fourth-order valence-electron chi connectivity index (χ4n) is 4.63. The van der Waals surface area contributed by atoms with Crippen LogP contribution in [0.15, 0.2) is 42.5 Å². The molecule has 0 atom stereocenters. The number of benzene rings is 2. The number of carbonyl (C=O) groups is 1. The predicted octanol–water partition coefficient (Wildman–Crippen LogP) is 3.22. The van der Waals surface area contributed by atoms with Gasteiger partial charge in [0.2, 0.25) is 10.0 Å². The lowest BCUT2D eigenvalue weighted by Crippen LogP contribution is -2.44. The monoisotopic (exact) mass is 414 g/mol. The number of hydrogen-bond acceptors (Lipinski definition) is 4. The van der Waals surface area contributed by atoms with Crippen molar-refractivity contribution in [1.82, 2.24) is 5.32 Å². The van der Waals surface area contributed by atoms with Crippen molar-refractivity contribution in [1.29, 1.82) is 0 Å². The van der Waals surface area contributed by atoms with Crippen LogP contribution in [0.4, 0.5) is 5.69 Å². The molecular formula is C22H26N2O4S. The average Bonchev–Trinajstić information content (AvgIpc) is 3.34. The van der Waals surface area contributed by atoms with E-state index in [9.17, 15) is 13.2 Å². The minimum absolute atomic E-state index is 0.140. The summed E-state index contributed by atoms with van der Waals surface area (Å²) in [5.41, 5.74) is 2.69. The number of ether oxygens (including phenoxy) is 1. The van der Waals surface area contributed by atoms with E-state index in [1.807, 2.05) is 30.3 Å². The standard InChI is InChI=1S/C22H26N2O4S/c1-28-20-8-4-3-7-18(20)22(12-5-6-13-22)23-21(25)17-9-10-19-16(15-17)11-14-24(19)29(2,26)27/h3-4,7-10,15H,5-6,11-14H2,1-2H3,(H,23,25). The lowest BCUT2D eigenvalue weighted by Gasteiger charge is -2.32. The van der Waals surface area contributed by atoms with Crippen LogP contribution in [0.3, 0.4) is 0 Å². The van der Waals surface area contributed by atoms with Gasteiger partial charge < -0.3 is 10.1 Å². The number of methoxy groups -OCH3 is 1. The zero-order valence-electron chi connectivity index (χ0n) is 16.8. The molecule has 4 rings (SSSR count). The SMILES string of the molecule is COc1ccccc1C1(NC(=O)c2ccc3c(c2)CCN3S(C)(=O)=O)CCCC1. The van der Waals surface area contributed by atoms with Gasteiger partial charge in [0.25, 0.3) is 5.91 Å². The highest BCUT2D eigenvalue weighted by atomic mass is 32.2. The van der Waals surface area contributed by atoms with Gasteiger partial charge in [0.1, 0.15) is 5.75 Å². The van der Waals surface area contributed by atoms with E-state index in [-0.39, 0.29) is 5.91 Å². The molecule has 1 saturated carbocycles. The highest BCUT2D eigenvalue weighted by Gasteiger charge is 2.39. The maximum absolute atomic E-state index is 13.2. The molecule has 2 aromatic rings. The van der Waals surface area contributed by atoms with E-state index in [2.05, 4.69) is 5.32 Å². The fourth-order valence-corrected chi connectivity index (χ4v) is 5.59. The van der Waals surface area contributed by atoms with Crippen LogP contribution in [0.2, 0.25) is 0 Å². The van der Waals surface area contributed by atoms with Crippen LogP contribution >= 0.6 is 0 Å². The van der Waals surface area contributed by atoms with E-state index in [0.29, 0.717) is 24.2 Å². The zero-order valence-corrected chi connectivity index (χ0v) is 17.6.